The summed E-state index contributed by atoms with van der Waals surface area (Å²) in [4.78, 5) is 12.7. The number of hydrogen-bond donors (Lipinski definition) is 0. The topological polar surface area (TPSA) is 91.4 Å². The van der Waals surface area contributed by atoms with Gasteiger partial charge in [0.2, 0.25) is 10.0 Å². The third-order valence-electron chi connectivity index (χ3n) is 4.56. The van der Waals surface area contributed by atoms with E-state index in [2.05, 4.69) is 15.9 Å². The number of methoxy groups -OCH3 is 2. The number of nitrogens with zero attached hydrogens (tertiary/aromatic N) is 1. The number of carbonyl (C=O) groups excluding carboxylic acids is 1. The van der Waals surface area contributed by atoms with Gasteiger partial charge in [0.25, 0.3) is 0 Å². The van der Waals surface area contributed by atoms with Crippen molar-refractivity contribution in [3.8, 4) is 11.5 Å². The SMILES string of the molecule is COc1cc(S(=O)(=O)N2CCOCC2)cc(C(=O)OCc2ccc(Br)cc2)c1OC. The number of ether oxygens (including phenoxy) is 4. The smallest absolute Gasteiger partial charge is 0.342 e. The van der Waals surface area contributed by atoms with E-state index in [9.17, 15) is 13.2 Å². The van der Waals surface area contributed by atoms with Crippen LogP contribution in [0.3, 0.4) is 0 Å². The van der Waals surface area contributed by atoms with Crippen molar-refractivity contribution in [1.82, 2.24) is 4.31 Å². The molecule has 2 aromatic rings. The summed E-state index contributed by atoms with van der Waals surface area (Å²) in [6.45, 7) is 1.13. The molecule has 162 valence electrons. The van der Waals surface area contributed by atoms with Crippen molar-refractivity contribution in [2.75, 3.05) is 40.5 Å². The van der Waals surface area contributed by atoms with Crippen LogP contribution in [-0.2, 0) is 26.1 Å². The van der Waals surface area contributed by atoms with Gasteiger partial charge in [-0.15, -0.1) is 0 Å². The van der Waals surface area contributed by atoms with E-state index in [0.717, 1.165) is 10.0 Å². The molecule has 1 fully saturated rings. The molecule has 1 saturated heterocycles. The van der Waals surface area contributed by atoms with Gasteiger partial charge in [-0.25, -0.2) is 13.2 Å². The van der Waals surface area contributed by atoms with E-state index in [4.69, 9.17) is 18.9 Å². The normalized spacial score (nSPS) is 14.9. The van der Waals surface area contributed by atoms with Crippen LogP contribution in [0.25, 0.3) is 0 Å². The van der Waals surface area contributed by atoms with Crippen LogP contribution in [0.2, 0.25) is 0 Å². The van der Waals surface area contributed by atoms with Gasteiger partial charge in [0.1, 0.15) is 12.2 Å². The minimum absolute atomic E-state index is 0.0258. The van der Waals surface area contributed by atoms with Crippen LogP contribution in [0.5, 0.6) is 11.5 Å². The molecule has 0 N–H and O–H groups in total. The zero-order valence-electron chi connectivity index (χ0n) is 16.6. The van der Waals surface area contributed by atoms with Gasteiger partial charge in [-0.05, 0) is 23.8 Å². The Labute approximate surface area is 183 Å². The Morgan fingerprint density at radius 3 is 2.37 bits per heavy atom. The second-order valence-electron chi connectivity index (χ2n) is 6.43. The molecule has 1 aliphatic rings. The molecule has 0 bridgehead atoms. The molecule has 0 aliphatic carbocycles. The third-order valence-corrected chi connectivity index (χ3v) is 6.97. The molecule has 1 aliphatic heterocycles. The Balaban J connectivity index is 1.92. The van der Waals surface area contributed by atoms with Crippen molar-refractivity contribution < 1.29 is 32.2 Å². The maximum atomic E-state index is 13.1. The molecular formula is C20H22BrNO7S. The maximum absolute atomic E-state index is 13.1. The monoisotopic (exact) mass is 499 g/mol. The minimum atomic E-state index is -3.84. The molecule has 1 heterocycles. The molecule has 0 saturated carbocycles. The van der Waals surface area contributed by atoms with Crippen LogP contribution in [0.1, 0.15) is 15.9 Å². The van der Waals surface area contributed by atoms with Crippen LogP contribution >= 0.6 is 15.9 Å². The highest BCUT2D eigenvalue weighted by Gasteiger charge is 2.30. The molecular weight excluding hydrogens is 478 g/mol. The van der Waals surface area contributed by atoms with Gasteiger partial charge in [0, 0.05) is 23.6 Å². The van der Waals surface area contributed by atoms with E-state index >= 15 is 0 Å². The van der Waals surface area contributed by atoms with Crippen molar-refractivity contribution in [2.45, 2.75) is 11.5 Å². The Kier molecular flexibility index (Phi) is 7.35. The second-order valence-corrected chi connectivity index (χ2v) is 9.28. The standard InChI is InChI=1S/C20H22BrNO7S/c1-26-18-12-16(30(24,25)22-7-9-28-10-8-22)11-17(19(18)27-2)20(23)29-13-14-3-5-15(21)6-4-14/h3-6,11-12H,7-10,13H2,1-2H3. The van der Waals surface area contributed by atoms with Gasteiger partial charge in [0.05, 0.1) is 32.3 Å². The molecule has 0 spiro atoms. The first-order valence-corrected chi connectivity index (χ1v) is 11.4. The lowest BCUT2D eigenvalue weighted by Crippen LogP contribution is -2.40. The highest BCUT2D eigenvalue weighted by Crippen LogP contribution is 2.36. The maximum Gasteiger partial charge on any atom is 0.342 e. The number of hydrogen-bond acceptors (Lipinski definition) is 7. The molecule has 30 heavy (non-hydrogen) atoms. The Morgan fingerprint density at radius 2 is 1.77 bits per heavy atom. The summed E-state index contributed by atoms with van der Waals surface area (Å²) in [6, 6.07) is 9.90. The zero-order chi connectivity index (χ0) is 21.7. The molecule has 3 rings (SSSR count). The highest BCUT2D eigenvalue weighted by atomic mass is 79.9. The van der Waals surface area contributed by atoms with Crippen molar-refractivity contribution in [3.05, 3.63) is 52.0 Å². The summed E-state index contributed by atoms with van der Waals surface area (Å²) >= 11 is 3.35. The fraction of sp³-hybridized carbons (Fsp3) is 0.350. The van der Waals surface area contributed by atoms with Crippen molar-refractivity contribution >= 4 is 31.9 Å². The fourth-order valence-electron chi connectivity index (χ4n) is 2.98. The molecule has 0 amide bonds. The molecule has 8 nitrogen and oxygen atoms in total. The Hall–Kier alpha value is -2.14. The lowest BCUT2D eigenvalue weighted by molar-refractivity contribution is 0.0468. The average Bonchev–Trinajstić information content (AvgIpc) is 2.78. The predicted molar refractivity (Wildman–Crippen MR) is 112 cm³/mol. The lowest BCUT2D eigenvalue weighted by Gasteiger charge is -2.26. The third kappa shape index (κ3) is 4.94. The van der Waals surface area contributed by atoms with Crippen molar-refractivity contribution in [1.29, 1.82) is 0 Å². The van der Waals surface area contributed by atoms with Crippen molar-refractivity contribution in [3.63, 3.8) is 0 Å². The van der Waals surface area contributed by atoms with Gasteiger partial charge in [0.15, 0.2) is 11.5 Å². The number of benzene rings is 2. The quantitative estimate of drug-likeness (QED) is 0.540. The Morgan fingerprint density at radius 1 is 1.10 bits per heavy atom. The summed E-state index contributed by atoms with van der Waals surface area (Å²) in [5.41, 5.74) is 0.760. The second kappa shape index (κ2) is 9.78. The van der Waals surface area contributed by atoms with E-state index < -0.39 is 16.0 Å². The first-order chi connectivity index (χ1) is 14.4. The first-order valence-electron chi connectivity index (χ1n) is 9.12. The summed E-state index contributed by atoms with van der Waals surface area (Å²) in [5, 5.41) is 0. The number of sulfonamides is 1. The van der Waals surface area contributed by atoms with Crippen LogP contribution in [0.15, 0.2) is 45.8 Å². The number of halogens is 1. The summed E-state index contributed by atoms with van der Waals surface area (Å²) in [6.07, 6.45) is 0. The summed E-state index contributed by atoms with van der Waals surface area (Å²) in [5.74, 6) is -0.478. The van der Waals surface area contributed by atoms with Crippen molar-refractivity contribution in [2.24, 2.45) is 0 Å². The number of esters is 1. The van der Waals surface area contributed by atoms with Crippen LogP contribution < -0.4 is 9.47 Å². The average molecular weight is 500 g/mol. The van der Waals surface area contributed by atoms with E-state index in [0.29, 0.717) is 13.2 Å². The van der Waals surface area contributed by atoms with E-state index in [1.54, 1.807) is 0 Å². The van der Waals surface area contributed by atoms with Crippen LogP contribution in [-0.4, -0.2) is 59.2 Å². The summed E-state index contributed by atoms with van der Waals surface area (Å²) in [7, 11) is -1.09. The predicted octanol–water partition coefficient (Wildman–Crippen LogP) is 2.84. The van der Waals surface area contributed by atoms with Crippen LogP contribution in [0, 0.1) is 0 Å². The van der Waals surface area contributed by atoms with Gasteiger partial charge in [-0.3, -0.25) is 0 Å². The van der Waals surface area contributed by atoms with E-state index in [1.807, 2.05) is 24.3 Å². The lowest BCUT2D eigenvalue weighted by atomic mass is 10.2. The molecule has 2 aromatic carbocycles. The molecule has 10 heteroatoms. The Bertz CT molecular complexity index is 1000. The number of morpholine rings is 1. The number of carbonyl (C=O) groups is 1. The van der Waals surface area contributed by atoms with E-state index in [1.165, 1.54) is 30.7 Å². The van der Waals surface area contributed by atoms with Crippen LogP contribution in [0.4, 0.5) is 0 Å². The molecule has 0 unspecified atom stereocenters. The fourth-order valence-corrected chi connectivity index (χ4v) is 4.70. The minimum Gasteiger partial charge on any atom is -0.493 e. The summed E-state index contributed by atoms with van der Waals surface area (Å²) < 4.78 is 49.5. The largest absolute Gasteiger partial charge is 0.493 e. The zero-order valence-corrected chi connectivity index (χ0v) is 19.0. The van der Waals surface area contributed by atoms with E-state index in [-0.39, 0.29) is 41.7 Å². The highest BCUT2D eigenvalue weighted by molar-refractivity contribution is 9.10. The molecule has 0 atom stereocenters. The first kappa shape index (κ1) is 22.5. The molecule has 0 aromatic heterocycles. The van der Waals surface area contributed by atoms with Gasteiger partial charge in [-0.2, -0.15) is 4.31 Å². The van der Waals surface area contributed by atoms with Gasteiger partial charge >= 0.3 is 5.97 Å². The van der Waals surface area contributed by atoms with Gasteiger partial charge < -0.3 is 18.9 Å². The molecule has 0 radical (unpaired) electrons. The number of rotatable bonds is 7. The van der Waals surface area contributed by atoms with Gasteiger partial charge in [-0.1, -0.05) is 28.1 Å².